The van der Waals surface area contributed by atoms with Crippen molar-refractivity contribution in [2.45, 2.75) is 73.4 Å². The van der Waals surface area contributed by atoms with E-state index in [1.54, 1.807) is 13.8 Å². The predicted octanol–water partition coefficient (Wildman–Crippen LogP) is 2.09. The second-order valence-corrected chi connectivity index (χ2v) is 8.16. The van der Waals surface area contributed by atoms with Crippen molar-refractivity contribution in [2.24, 2.45) is 11.3 Å². The number of carbonyl (C=O) groups excluding carboxylic acids is 3. The van der Waals surface area contributed by atoms with Gasteiger partial charge in [-0.15, -0.1) is 0 Å². The molecule has 0 saturated heterocycles. The molecule has 22 heavy (non-hydrogen) atoms. The Labute approximate surface area is 134 Å². The second-order valence-electron chi connectivity index (χ2n) is 8.16. The van der Waals surface area contributed by atoms with Crippen LogP contribution >= 0.6 is 0 Å². The van der Waals surface area contributed by atoms with E-state index in [2.05, 4.69) is 10.6 Å². The van der Waals surface area contributed by atoms with Crippen LogP contribution in [0, 0.1) is 11.3 Å². The number of hydrogen-bond acceptors (Lipinski definition) is 4. The van der Waals surface area contributed by atoms with Crippen LogP contribution in [-0.4, -0.2) is 35.6 Å². The van der Waals surface area contributed by atoms with Gasteiger partial charge in [-0.3, -0.25) is 14.4 Å². The molecule has 0 aromatic carbocycles. The third kappa shape index (κ3) is 8.27. The molecule has 0 aliphatic heterocycles. The molecular formula is C17H32N2O3. The average molecular weight is 312 g/mol. The number of Topliss-reactive ketones (excluding diaryl/α,β-unsaturated/α-hetero) is 2. The summed E-state index contributed by atoms with van der Waals surface area (Å²) in [6.45, 7) is 15.0. The zero-order valence-electron chi connectivity index (χ0n) is 15.3. The Bertz CT molecular complexity index is 415. The highest BCUT2D eigenvalue weighted by Gasteiger charge is 2.30. The van der Waals surface area contributed by atoms with Crippen LogP contribution in [0.2, 0.25) is 0 Å². The molecule has 0 aliphatic rings. The average Bonchev–Trinajstić information content (AvgIpc) is 2.32. The van der Waals surface area contributed by atoms with Crippen molar-refractivity contribution in [1.29, 1.82) is 0 Å². The van der Waals surface area contributed by atoms with Gasteiger partial charge in [-0.2, -0.15) is 0 Å². The molecule has 2 N–H and O–H groups in total. The molecule has 0 heterocycles. The molecule has 128 valence electrons. The molecule has 0 rings (SSSR count). The predicted molar refractivity (Wildman–Crippen MR) is 88.6 cm³/mol. The van der Waals surface area contributed by atoms with Crippen molar-refractivity contribution < 1.29 is 14.4 Å². The highest BCUT2D eigenvalue weighted by atomic mass is 16.2. The fraction of sp³-hybridized carbons (Fsp3) is 0.824. The fourth-order valence-electron chi connectivity index (χ4n) is 1.71. The molecule has 1 atom stereocenters. The molecule has 0 saturated carbocycles. The number of amides is 1. The maximum absolute atomic E-state index is 12.3. The number of nitrogens with one attached hydrogen (secondary N) is 2. The summed E-state index contributed by atoms with van der Waals surface area (Å²) in [5, 5.41) is 5.77. The maximum atomic E-state index is 12.3. The Morgan fingerprint density at radius 3 is 1.82 bits per heavy atom. The highest BCUT2D eigenvalue weighted by molar-refractivity contribution is 5.96. The molecule has 0 aliphatic carbocycles. The Morgan fingerprint density at radius 2 is 1.45 bits per heavy atom. The molecule has 1 amide bonds. The molecule has 0 spiro atoms. The first-order valence-electron chi connectivity index (χ1n) is 7.85. The van der Waals surface area contributed by atoms with Crippen LogP contribution in [0.5, 0.6) is 0 Å². The van der Waals surface area contributed by atoms with Gasteiger partial charge in [0.05, 0.1) is 12.6 Å². The smallest absolute Gasteiger partial charge is 0.234 e. The van der Waals surface area contributed by atoms with Gasteiger partial charge in [0, 0.05) is 23.3 Å². The van der Waals surface area contributed by atoms with Gasteiger partial charge in [0.15, 0.2) is 5.78 Å². The van der Waals surface area contributed by atoms with Crippen LogP contribution in [0.1, 0.15) is 61.8 Å². The SMILES string of the molecule is CC(C)C(=O)C(CC(=O)C(C)(C)C)NC(=O)CNC(C)(C)C. The Kier molecular flexibility index (Phi) is 7.42. The van der Waals surface area contributed by atoms with Gasteiger partial charge in [-0.05, 0) is 20.8 Å². The van der Waals surface area contributed by atoms with Crippen molar-refractivity contribution in [3.63, 3.8) is 0 Å². The summed E-state index contributed by atoms with van der Waals surface area (Å²) < 4.78 is 0. The second kappa shape index (κ2) is 7.86. The normalized spacial score (nSPS) is 13.9. The lowest BCUT2D eigenvalue weighted by molar-refractivity contribution is -0.133. The molecule has 0 aromatic rings. The largest absolute Gasteiger partial charge is 0.345 e. The quantitative estimate of drug-likeness (QED) is 0.755. The summed E-state index contributed by atoms with van der Waals surface area (Å²) in [5.41, 5.74) is -0.708. The molecule has 5 nitrogen and oxygen atoms in total. The van der Waals surface area contributed by atoms with Gasteiger partial charge in [-0.25, -0.2) is 0 Å². The monoisotopic (exact) mass is 312 g/mol. The molecular weight excluding hydrogens is 280 g/mol. The third-order valence-electron chi connectivity index (χ3n) is 3.25. The molecule has 5 heteroatoms. The van der Waals surface area contributed by atoms with Crippen molar-refractivity contribution in [2.75, 3.05) is 6.54 Å². The summed E-state index contributed by atoms with van der Waals surface area (Å²) in [6, 6.07) is -0.749. The first-order chi connectivity index (χ1) is 9.74. The number of ketones is 2. The van der Waals surface area contributed by atoms with Gasteiger partial charge in [0.1, 0.15) is 5.78 Å². The Balaban J connectivity index is 4.85. The number of carbonyl (C=O) groups is 3. The van der Waals surface area contributed by atoms with E-state index in [0.717, 1.165) is 0 Å². The van der Waals surface area contributed by atoms with E-state index >= 15 is 0 Å². The van der Waals surface area contributed by atoms with Crippen molar-refractivity contribution >= 4 is 17.5 Å². The van der Waals surface area contributed by atoms with Crippen LogP contribution < -0.4 is 10.6 Å². The number of hydrogen-bond donors (Lipinski definition) is 2. The van der Waals surface area contributed by atoms with Crippen LogP contribution in [-0.2, 0) is 14.4 Å². The van der Waals surface area contributed by atoms with Crippen LogP contribution in [0.15, 0.2) is 0 Å². The lowest BCUT2D eigenvalue weighted by Crippen LogP contribution is -2.50. The molecule has 0 bridgehead atoms. The zero-order valence-corrected chi connectivity index (χ0v) is 15.3. The summed E-state index contributed by atoms with van der Waals surface area (Å²) in [7, 11) is 0. The molecule has 0 aromatic heterocycles. The van der Waals surface area contributed by atoms with E-state index in [9.17, 15) is 14.4 Å². The van der Waals surface area contributed by atoms with E-state index in [1.165, 1.54) is 0 Å². The molecule has 1 unspecified atom stereocenters. The van der Waals surface area contributed by atoms with E-state index < -0.39 is 11.5 Å². The van der Waals surface area contributed by atoms with Crippen LogP contribution in [0.3, 0.4) is 0 Å². The Hall–Kier alpha value is -1.23. The van der Waals surface area contributed by atoms with E-state index in [-0.39, 0.29) is 41.9 Å². The highest BCUT2D eigenvalue weighted by Crippen LogP contribution is 2.19. The first kappa shape index (κ1) is 20.8. The fourth-order valence-corrected chi connectivity index (χ4v) is 1.71. The minimum Gasteiger partial charge on any atom is -0.345 e. The van der Waals surface area contributed by atoms with E-state index in [0.29, 0.717) is 0 Å². The first-order valence-corrected chi connectivity index (χ1v) is 7.85. The summed E-state index contributed by atoms with van der Waals surface area (Å²) in [5.74, 6) is -0.637. The van der Waals surface area contributed by atoms with Gasteiger partial charge >= 0.3 is 0 Å². The van der Waals surface area contributed by atoms with Crippen molar-refractivity contribution in [1.82, 2.24) is 10.6 Å². The third-order valence-corrected chi connectivity index (χ3v) is 3.25. The van der Waals surface area contributed by atoms with E-state index in [1.807, 2.05) is 41.5 Å². The van der Waals surface area contributed by atoms with Gasteiger partial charge < -0.3 is 10.6 Å². The van der Waals surface area contributed by atoms with Gasteiger partial charge in [-0.1, -0.05) is 34.6 Å². The van der Waals surface area contributed by atoms with Gasteiger partial charge in [0.2, 0.25) is 5.91 Å². The molecule has 0 radical (unpaired) electrons. The summed E-state index contributed by atoms with van der Waals surface area (Å²) >= 11 is 0. The molecule has 0 fully saturated rings. The zero-order chi connectivity index (χ0) is 17.7. The summed E-state index contributed by atoms with van der Waals surface area (Å²) in [4.78, 5) is 36.5. The number of rotatable bonds is 7. The van der Waals surface area contributed by atoms with E-state index in [4.69, 9.17) is 0 Å². The lowest BCUT2D eigenvalue weighted by atomic mass is 9.85. The lowest BCUT2D eigenvalue weighted by Gasteiger charge is -2.25. The van der Waals surface area contributed by atoms with Crippen molar-refractivity contribution in [3.8, 4) is 0 Å². The van der Waals surface area contributed by atoms with Crippen LogP contribution in [0.4, 0.5) is 0 Å². The minimum atomic E-state index is -0.749. The maximum Gasteiger partial charge on any atom is 0.234 e. The summed E-state index contributed by atoms with van der Waals surface area (Å²) in [6.07, 6.45) is 0.0434. The van der Waals surface area contributed by atoms with Crippen molar-refractivity contribution in [3.05, 3.63) is 0 Å². The Morgan fingerprint density at radius 1 is 0.955 bits per heavy atom. The minimum absolute atomic E-state index is 0.0319. The standard InChI is InChI=1S/C17H32N2O3/c1-11(2)15(22)12(9-13(20)16(3,4)5)19-14(21)10-18-17(6,7)8/h11-12,18H,9-10H2,1-8H3,(H,19,21). The van der Waals surface area contributed by atoms with Crippen LogP contribution in [0.25, 0.3) is 0 Å². The topological polar surface area (TPSA) is 75.3 Å². The van der Waals surface area contributed by atoms with Gasteiger partial charge in [0.25, 0.3) is 0 Å².